The van der Waals surface area contributed by atoms with E-state index < -0.39 is 21.8 Å². The monoisotopic (exact) mass is 304 g/mol. The van der Waals surface area contributed by atoms with Crippen molar-refractivity contribution in [1.82, 2.24) is 0 Å². The first-order valence-electron chi connectivity index (χ1n) is 5.93. The van der Waals surface area contributed by atoms with Crippen molar-refractivity contribution in [3.05, 3.63) is 24.0 Å². The molecule has 0 heterocycles. The number of carbonyl (C=O) groups is 1. The van der Waals surface area contributed by atoms with Gasteiger partial charge in [-0.05, 0) is 25.1 Å². The first kappa shape index (κ1) is 16.4. The van der Waals surface area contributed by atoms with Crippen LogP contribution in [0.4, 0.5) is 10.1 Å². The predicted molar refractivity (Wildman–Crippen MR) is 72.3 cm³/mol. The maximum absolute atomic E-state index is 13.9. The van der Waals surface area contributed by atoms with Gasteiger partial charge in [-0.2, -0.15) is 0 Å². The fourth-order valence-corrected chi connectivity index (χ4v) is 2.22. The number of halogens is 1. The fraction of sp³-hybridized carbons (Fsp3) is 0.417. The van der Waals surface area contributed by atoms with E-state index in [0.29, 0.717) is 6.54 Å². The molecule has 112 valence electrons. The second-order valence-corrected chi connectivity index (χ2v) is 5.63. The Morgan fingerprint density at radius 3 is 2.55 bits per heavy atom. The van der Waals surface area contributed by atoms with Gasteiger partial charge in [0.1, 0.15) is 5.82 Å². The molecular formula is C12H17FN2O4S. The summed E-state index contributed by atoms with van der Waals surface area (Å²) in [6.07, 6.45) is 0.112. The zero-order valence-electron chi connectivity index (χ0n) is 11.3. The molecule has 1 aromatic carbocycles. The standard InChI is InChI=1S/C12H17FN2O4S/c1-3-15(7-6-12(16)19-2)11-5-4-9(8-10(11)13)20(14,17)18/h4-5,8H,3,6-7H2,1-2H3,(H2,14,17,18). The van der Waals surface area contributed by atoms with Gasteiger partial charge in [0.15, 0.2) is 0 Å². The van der Waals surface area contributed by atoms with Gasteiger partial charge in [-0.15, -0.1) is 0 Å². The Balaban J connectivity index is 2.96. The van der Waals surface area contributed by atoms with Crippen molar-refractivity contribution in [3.8, 4) is 0 Å². The molecule has 20 heavy (non-hydrogen) atoms. The molecule has 0 saturated heterocycles. The number of carbonyl (C=O) groups excluding carboxylic acids is 1. The molecule has 6 nitrogen and oxygen atoms in total. The molecule has 0 fully saturated rings. The Bertz CT molecular complexity index is 589. The fourth-order valence-electron chi connectivity index (χ4n) is 1.70. The number of esters is 1. The van der Waals surface area contributed by atoms with Gasteiger partial charge in [0.25, 0.3) is 0 Å². The summed E-state index contributed by atoms with van der Waals surface area (Å²) in [5.41, 5.74) is 0.212. The molecule has 1 aromatic rings. The highest BCUT2D eigenvalue weighted by Gasteiger charge is 2.15. The molecule has 0 saturated carbocycles. The number of methoxy groups -OCH3 is 1. The van der Waals surface area contributed by atoms with E-state index in [2.05, 4.69) is 4.74 Å². The quantitative estimate of drug-likeness (QED) is 0.787. The molecule has 0 spiro atoms. The molecule has 0 unspecified atom stereocenters. The molecule has 0 aliphatic heterocycles. The van der Waals surface area contributed by atoms with Crippen molar-refractivity contribution in [2.75, 3.05) is 25.1 Å². The van der Waals surface area contributed by atoms with E-state index in [1.54, 1.807) is 11.8 Å². The van der Waals surface area contributed by atoms with Crippen molar-refractivity contribution >= 4 is 21.7 Å². The van der Waals surface area contributed by atoms with E-state index in [0.717, 1.165) is 6.07 Å². The SMILES string of the molecule is CCN(CCC(=O)OC)c1ccc(S(N)(=O)=O)cc1F. The molecule has 0 aromatic heterocycles. The third-order valence-corrected chi connectivity index (χ3v) is 3.69. The largest absolute Gasteiger partial charge is 0.469 e. The molecule has 1 rings (SSSR count). The number of benzene rings is 1. The molecule has 2 N–H and O–H groups in total. The number of rotatable bonds is 6. The van der Waals surface area contributed by atoms with E-state index in [4.69, 9.17) is 5.14 Å². The summed E-state index contributed by atoms with van der Waals surface area (Å²) in [7, 11) is -2.66. The molecule has 0 bridgehead atoms. The Morgan fingerprint density at radius 1 is 1.45 bits per heavy atom. The Hall–Kier alpha value is -1.67. The molecule has 8 heteroatoms. The van der Waals surface area contributed by atoms with E-state index in [1.165, 1.54) is 19.2 Å². The van der Waals surface area contributed by atoms with Crippen molar-refractivity contribution in [2.45, 2.75) is 18.2 Å². The van der Waals surface area contributed by atoms with Crippen LogP contribution in [0.25, 0.3) is 0 Å². The molecule has 0 aliphatic carbocycles. The van der Waals surface area contributed by atoms with Crippen LogP contribution in [0.5, 0.6) is 0 Å². The van der Waals surface area contributed by atoms with Gasteiger partial charge < -0.3 is 9.64 Å². The van der Waals surface area contributed by atoms with Crippen molar-refractivity contribution in [3.63, 3.8) is 0 Å². The number of nitrogens with zero attached hydrogens (tertiary/aromatic N) is 1. The van der Waals surface area contributed by atoms with E-state index in [9.17, 15) is 17.6 Å². The summed E-state index contributed by atoms with van der Waals surface area (Å²) >= 11 is 0. The van der Waals surface area contributed by atoms with Gasteiger partial charge >= 0.3 is 5.97 Å². The summed E-state index contributed by atoms with van der Waals surface area (Å²) in [6, 6.07) is 3.43. The minimum atomic E-state index is -3.94. The van der Waals surface area contributed by atoms with Gasteiger partial charge in [0.2, 0.25) is 10.0 Å². The number of hydrogen-bond donors (Lipinski definition) is 1. The number of anilines is 1. The Kier molecular flexibility index (Phi) is 5.46. The number of ether oxygens (including phenoxy) is 1. The van der Waals surface area contributed by atoms with Crippen LogP contribution >= 0.6 is 0 Å². The van der Waals surface area contributed by atoms with Crippen LogP contribution in [0.3, 0.4) is 0 Å². The summed E-state index contributed by atoms with van der Waals surface area (Å²) in [4.78, 5) is 12.4. The second kappa shape index (κ2) is 6.67. The topological polar surface area (TPSA) is 89.7 Å². The lowest BCUT2D eigenvalue weighted by molar-refractivity contribution is -0.140. The lowest BCUT2D eigenvalue weighted by atomic mass is 10.2. The zero-order valence-corrected chi connectivity index (χ0v) is 12.1. The van der Waals surface area contributed by atoms with Crippen LogP contribution in [0.15, 0.2) is 23.1 Å². The average Bonchev–Trinajstić information content (AvgIpc) is 2.39. The van der Waals surface area contributed by atoms with Crippen LogP contribution < -0.4 is 10.0 Å². The van der Waals surface area contributed by atoms with Crippen molar-refractivity contribution < 1.29 is 22.3 Å². The normalized spacial score (nSPS) is 11.2. The lowest BCUT2D eigenvalue weighted by Crippen LogP contribution is -2.27. The number of nitrogens with two attached hydrogens (primary N) is 1. The molecular weight excluding hydrogens is 287 g/mol. The number of primary sulfonamides is 1. The first-order chi connectivity index (χ1) is 9.29. The molecule has 0 atom stereocenters. The van der Waals surface area contributed by atoms with Gasteiger partial charge in [-0.1, -0.05) is 0 Å². The number of hydrogen-bond acceptors (Lipinski definition) is 5. The van der Waals surface area contributed by atoms with Crippen LogP contribution in [0.2, 0.25) is 0 Å². The van der Waals surface area contributed by atoms with E-state index >= 15 is 0 Å². The molecule has 0 amide bonds. The smallest absolute Gasteiger partial charge is 0.307 e. The Morgan fingerprint density at radius 2 is 2.10 bits per heavy atom. The van der Waals surface area contributed by atoms with Gasteiger partial charge in [-0.25, -0.2) is 17.9 Å². The maximum atomic E-state index is 13.9. The Labute approximate surface area is 117 Å². The van der Waals surface area contributed by atoms with Gasteiger partial charge in [-0.3, -0.25) is 4.79 Å². The lowest BCUT2D eigenvalue weighted by Gasteiger charge is -2.23. The van der Waals surface area contributed by atoms with E-state index in [-0.39, 0.29) is 23.5 Å². The molecule has 0 aliphatic rings. The second-order valence-electron chi connectivity index (χ2n) is 4.06. The highest BCUT2D eigenvalue weighted by atomic mass is 32.2. The zero-order chi connectivity index (χ0) is 15.3. The third kappa shape index (κ3) is 4.17. The third-order valence-electron chi connectivity index (χ3n) is 2.78. The summed E-state index contributed by atoms with van der Waals surface area (Å²) in [6.45, 7) is 2.53. The minimum absolute atomic E-state index is 0.112. The maximum Gasteiger partial charge on any atom is 0.307 e. The predicted octanol–water partition coefficient (Wildman–Crippen LogP) is 0.863. The van der Waals surface area contributed by atoms with Crippen LogP contribution in [-0.2, 0) is 19.6 Å². The van der Waals surface area contributed by atoms with Crippen molar-refractivity contribution in [1.29, 1.82) is 0 Å². The highest BCUT2D eigenvalue weighted by Crippen LogP contribution is 2.22. The van der Waals surface area contributed by atoms with Gasteiger partial charge in [0, 0.05) is 13.1 Å². The summed E-state index contributed by atoms with van der Waals surface area (Å²) < 4.78 is 40.7. The first-order valence-corrected chi connectivity index (χ1v) is 7.48. The van der Waals surface area contributed by atoms with Gasteiger partial charge in [0.05, 0.1) is 24.1 Å². The van der Waals surface area contributed by atoms with Crippen LogP contribution in [-0.4, -0.2) is 34.6 Å². The minimum Gasteiger partial charge on any atom is -0.469 e. The van der Waals surface area contributed by atoms with Crippen molar-refractivity contribution in [2.24, 2.45) is 5.14 Å². The number of sulfonamides is 1. The van der Waals surface area contributed by atoms with Crippen LogP contribution in [0.1, 0.15) is 13.3 Å². The molecule has 0 radical (unpaired) electrons. The van der Waals surface area contributed by atoms with E-state index in [1.807, 2.05) is 0 Å². The summed E-state index contributed by atoms with van der Waals surface area (Å²) in [5, 5.41) is 4.93. The highest BCUT2D eigenvalue weighted by molar-refractivity contribution is 7.89. The van der Waals surface area contributed by atoms with Crippen LogP contribution in [0, 0.1) is 5.82 Å². The average molecular weight is 304 g/mol. The summed E-state index contributed by atoms with van der Waals surface area (Å²) in [5.74, 6) is -1.10.